The Morgan fingerprint density at radius 1 is 1.33 bits per heavy atom. The molecule has 0 bridgehead atoms. The molecule has 0 aliphatic carbocycles. The van der Waals surface area contributed by atoms with Crippen LogP contribution in [0.4, 0.5) is 0 Å². The van der Waals surface area contributed by atoms with E-state index in [2.05, 4.69) is 25.9 Å². The number of rotatable bonds is 4. The van der Waals surface area contributed by atoms with E-state index in [1.54, 1.807) is 6.07 Å². The lowest BCUT2D eigenvalue weighted by Gasteiger charge is -2.21. The number of halogens is 1. The second kappa shape index (κ2) is 5.62. The van der Waals surface area contributed by atoms with Gasteiger partial charge in [-0.25, -0.2) is 9.65 Å². The summed E-state index contributed by atoms with van der Waals surface area (Å²) in [6.07, 6.45) is 0. The molecule has 0 amide bonds. The maximum Gasteiger partial charge on any atom is 0.458 e. The molecule has 1 atom stereocenters. The zero-order valence-electron chi connectivity index (χ0n) is 11.3. The largest absolute Gasteiger partial charge is 0.458 e. The number of nitrogens with one attached hydrogen (secondary N) is 1. The van der Waals surface area contributed by atoms with E-state index in [1.807, 2.05) is 12.1 Å². The molecule has 102 valence electrons. The van der Waals surface area contributed by atoms with Gasteiger partial charge in [0.25, 0.3) is 0 Å². The standard InChI is InChI=1S/C12H19ClNO3P/c1-12(2,3)9-6-7-11(10(13)8-9)17-18(15,14-4)16-5/h6-8H,1-5H3,(H,14,15)/t18-/m1/s1. The van der Waals surface area contributed by atoms with Gasteiger partial charge in [-0.2, -0.15) is 0 Å². The van der Waals surface area contributed by atoms with Crippen molar-refractivity contribution < 1.29 is 13.6 Å². The molecule has 0 unspecified atom stereocenters. The van der Waals surface area contributed by atoms with Crippen LogP contribution in [0, 0.1) is 0 Å². The van der Waals surface area contributed by atoms with Gasteiger partial charge in [-0.3, -0.25) is 4.52 Å². The van der Waals surface area contributed by atoms with Crippen molar-refractivity contribution in [3.05, 3.63) is 28.8 Å². The summed E-state index contributed by atoms with van der Waals surface area (Å²) in [4.78, 5) is 0. The molecule has 1 N–H and O–H groups in total. The normalized spacial score (nSPS) is 15.2. The van der Waals surface area contributed by atoms with Crippen LogP contribution < -0.4 is 9.61 Å². The molecule has 0 saturated heterocycles. The highest BCUT2D eigenvalue weighted by Gasteiger charge is 2.24. The van der Waals surface area contributed by atoms with Crippen LogP contribution in [0.15, 0.2) is 18.2 Å². The van der Waals surface area contributed by atoms with Gasteiger partial charge in [-0.15, -0.1) is 0 Å². The lowest BCUT2D eigenvalue weighted by atomic mass is 9.87. The first-order valence-corrected chi connectivity index (χ1v) is 7.48. The third kappa shape index (κ3) is 3.72. The van der Waals surface area contributed by atoms with E-state index in [0.29, 0.717) is 10.8 Å². The molecular weight excluding hydrogens is 273 g/mol. The Morgan fingerprint density at radius 2 is 1.94 bits per heavy atom. The molecule has 18 heavy (non-hydrogen) atoms. The van der Waals surface area contributed by atoms with Crippen molar-refractivity contribution in [2.45, 2.75) is 26.2 Å². The SMILES string of the molecule is CN[P@@](=O)(OC)Oc1ccc(C(C)(C)C)cc1Cl. The van der Waals surface area contributed by atoms with E-state index >= 15 is 0 Å². The minimum Gasteiger partial charge on any atom is -0.412 e. The lowest BCUT2D eigenvalue weighted by molar-refractivity contribution is 0.313. The van der Waals surface area contributed by atoms with Crippen molar-refractivity contribution in [1.29, 1.82) is 0 Å². The van der Waals surface area contributed by atoms with Gasteiger partial charge in [0.05, 0.1) is 5.02 Å². The van der Waals surface area contributed by atoms with Crippen molar-refractivity contribution in [3.8, 4) is 5.75 Å². The van der Waals surface area contributed by atoms with Crippen LogP contribution in [-0.2, 0) is 14.5 Å². The molecule has 0 radical (unpaired) electrons. The zero-order valence-corrected chi connectivity index (χ0v) is 12.9. The Balaban J connectivity index is 3.04. The van der Waals surface area contributed by atoms with E-state index in [4.69, 9.17) is 20.6 Å². The second-order valence-electron chi connectivity index (χ2n) is 4.89. The van der Waals surface area contributed by atoms with Crippen LogP contribution in [-0.4, -0.2) is 14.2 Å². The molecule has 0 spiro atoms. The molecule has 0 aliphatic rings. The fourth-order valence-electron chi connectivity index (χ4n) is 1.35. The molecular formula is C12H19ClNO3P. The first kappa shape index (κ1) is 15.5. The summed E-state index contributed by atoms with van der Waals surface area (Å²) in [6, 6.07) is 5.41. The minimum absolute atomic E-state index is 0.00384. The summed E-state index contributed by atoms with van der Waals surface area (Å²) in [5, 5.41) is 2.91. The first-order chi connectivity index (χ1) is 8.22. The van der Waals surface area contributed by atoms with Crippen molar-refractivity contribution in [2.75, 3.05) is 14.2 Å². The summed E-state index contributed by atoms with van der Waals surface area (Å²) < 4.78 is 22.0. The summed E-state index contributed by atoms with van der Waals surface area (Å²) >= 11 is 6.13. The molecule has 6 heteroatoms. The van der Waals surface area contributed by atoms with Crippen LogP contribution in [0.3, 0.4) is 0 Å². The molecule has 0 saturated carbocycles. The van der Waals surface area contributed by atoms with E-state index < -0.39 is 7.75 Å². The Morgan fingerprint density at radius 3 is 2.33 bits per heavy atom. The van der Waals surface area contributed by atoms with Crippen molar-refractivity contribution in [1.82, 2.24) is 5.09 Å². The van der Waals surface area contributed by atoms with Crippen LogP contribution >= 0.6 is 19.3 Å². The molecule has 1 rings (SSSR count). The summed E-state index contributed by atoms with van der Waals surface area (Å²) in [5.41, 5.74) is 1.08. The summed E-state index contributed by atoms with van der Waals surface area (Å²) in [5.74, 6) is 0.337. The summed E-state index contributed by atoms with van der Waals surface area (Å²) in [7, 11) is -0.504. The van der Waals surface area contributed by atoms with Gasteiger partial charge >= 0.3 is 7.75 Å². The molecule has 0 aliphatic heterocycles. The first-order valence-electron chi connectivity index (χ1n) is 5.56. The molecule has 0 heterocycles. The van der Waals surface area contributed by atoms with Crippen molar-refractivity contribution in [3.63, 3.8) is 0 Å². The van der Waals surface area contributed by atoms with Crippen molar-refractivity contribution in [2.24, 2.45) is 0 Å². The number of benzene rings is 1. The van der Waals surface area contributed by atoms with Crippen LogP contribution in [0.2, 0.25) is 5.02 Å². The number of hydrogen-bond donors (Lipinski definition) is 1. The third-order valence-electron chi connectivity index (χ3n) is 2.53. The monoisotopic (exact) mass is 291 g/mol. The highest BCUT2D eigenvalue weighted by atomic mass is 35.5. The predicted molar refractivity (Wildman–Crippen MR) is 74.5 cm³/mol. The predicted octanol–water partition coefficient (Wildman–Crippen LogP) is 3.99. The van der Waals surface area contributed by atoms with Crippen LogP contribution in [0.1, 0.15) is 26.3 Å². The average Bonchev–Trinajstić information content (AvgIpc) is 2.30. The van der Waals surface area contributed by atoms with E-state index in [0.717, 1.165) is 5.56 Å². The van der Waals surface area contributed by atoms with Gasteiger partial charge in [-0.05, 0) is 30.2 Å². The Kier molecular flexibility index (Phi) is 4.84. The fourth-order valence-corrected chi connectivity index (χ4v) is 2.38. The molecule has 1 aromatic rings. The van der Waals surface area contributed by atoms with Gasteiger partial charge in [0.15, 0.2) is 0 Å². The molecule has 4 nitrogen and oxygen atoms in total. The molecule has 1 aromatic carbocycles. The van der Waals surface area contributed by atoms with Gasteiger partial charge in [0.2, 0.25) is 0 Å². The number of hydrogen-bond acceptors (Lipinski definition) is 3. The van der Waals surface area contributed by atoms with Gasteiger partial charge in [0, 0.05) is 7.11 Å². The maximum atomic E-state index is 11.9. The minimum atomic E-state index is -3.32. The second-order valence-corrected chi connectivity index (χ2v) is 7.29. The Hall–Kier alpha value is -0.540. The lowest BCUT2D eigenvalue weighted by Crippen LogP contribution is -2.12. The Bertz CT molecular complexity index is 463. The average molecular weight is 292 g/mol. The highest BCUT2D eigenvalue weighted by molar-refractivity contribution is 7.52. The summed E-state index contributed by atoms with van der Waals surface area (Å²) in [6.45, 7) is 6.27. The molecule has 0 aromatic heterocycles. The highest BCUT2D eigenvalue weighted by Crippen LogP contribution is 2.45. The zero-order chi connectivity index (χ0) is 14.0. The smallest absolute Gasteiger partial charge is 0.412 e. The van der Waals surface area contributed by atoms with Crippen LogP contribution in [0.5, 0.6) is 5.75 Å². The van der Waals surface area contributed by atoms with Gasteiger partial charge in [0.1, 0.15) is 5.75 Å². The van der Waals surface area contributed by atoms with Gasteiger partial charge < -0.3 is 4.52 Å². The van der Waals surface area contributed by atoms with E-state index in [-0.39, 0.29) is 5.41 Å². The van der Waals surface area contributed by atoms with E-state index in [9.17, 15) is 4.57 Å². The van der Waals surface area contributed by atoms with Gasteiger partial charge in [-0.1, -0.05) is 38.4 Å². The molecule has 0 fully saturated rings. The van der Waals surface area contributed by atoms with Crippen molar-refractivity contribution >= 4 is 19.3 Å². The van der Waals surface area contributed by atoms with E-state index in [1.165, 1.54) is 14.2 Å². The van der Waals surface area contributed by atoms with Crippen LogP contribution in [0.25, 0.3) is 0 Å². The maximum absolute atomic E-state index is 11.9. The quantitative estimate of drug-likeness (QED) is 0.852. The Labute approximate surface area is 113 Å². The third-order valence-corrected chi connectivity index (χ3v) is 4.29. The fraction of sp³-hybridized carbons (Fsp3) is 0.500. The topological polar surface area (TPSA) is 47.6 Å².